The van der Waals surface area contributed by atoms with Crippen LogP contribution in [0.15, 0.2) is 0 Å². The van der Waals surface area contributed by atoms with Crippen LogP contribution < -0.4 is 0 Å². The number of unbranched alkanes of at least 4 members (excludes halogenated alkanes) is 5. The molecule has 0 fully saturated rings. The lowest BCUT2D eigenvalue weighted by Gasteiger charge is -2.08. The lowest BCUT2D eigenvalue weighted by Crippen LogP contribution is -2.15. The van der Waals surface area contributed by atoms with Crippen molar-refractivity contribution in [3.8, 4) is 0 Å². The molecule has 0 bridgehead atoms. The zero-order valence-electron chi connectivity index (χ0n) is 18.8. The highest BCUT2D eigenvalue weighted by Crippen LogP contribution is 2.04. The van der Waals surface area contributed by atoms with Crippen LogP contribution in [0.25, 0.3) is 0 Å². The molecule has 0 aromatic rings. The first kappa shape index (κ1) is 28.3. The largest absolute Gasteiger partial charge is 0.463 e. The van der Waals surface area contributed by atoms with Gasteiger partial charge in [0.1, 0.15) is 6.61 Å². The molecule has 0 atom stereocenters. The van der Waals surface area contributed by atoms with Gasteiger partial charge >= 0.3 is 5.97 Å². The molecule has 0 aromatic heterocycles. The zero-order chi connectivity index (χ0) is 21.3. The standard InChI is InChI=1S/C22H44O7/c1-3-5-6-7-8-9-11-24-12-13-25-14-15-26-16-17-27-18-19-28-20-21-29-22(23)10-4-2/h3-21H2,1-2H3. The van der Waals surface area contributed by atoms with Crippen molar-refractivity contribution in [1.29, 1.82) is 0 Å². The van der Waals surface area contributed by atoms with Crippen LogP contribution in [0.4, 0.5) is 0 Å². The van der Waals surface area contributed by atoms with Crippen molar-refractivity contribution in [3.05, 3.63) is 0 Å². The van der Waals surface area contributed by atoms with Crippen LogP contribution in [0.5, 0.6) is 0 Å². The molecule has 0 aliphatic rings. The molecule has 0 N–H and O–H groups in total. The number of esters is 1. The van der Waals surface area contributed by atoms with Crippen LogP contribution in [0.2, 0.25) is 0 Å². The van der Waals surface area contributed by atoms with Crippen molar-refractivity contribution in [2.45, 2.75) is 65.2 Å². The Morgan fingerprint density at radius 3 is 1.38 bits per heavy atom. The molecule has 0 aromatic carbocycles. The maximum atomic E-state index is 11.1. The summed E-state index contributed by atoms with van der Waals surface area (Å²) in [6.45, 7) is 10.1. The zero-order valence-corrected chi connectivity index (χ0v) is 18.8. The Kier molecular flexibility index (Phi) is 24.7. The summed E-state index contributed by atoms with van der Waals surface area (Å²) in [6.07, 6.45) is 8.96. The second-order valence-electron chi connectivity index (χ2n) is 6.80. The van der Waals surface area contributed by atoms with Crippen molar-refractivity contribution < 1.29 is 33.2 Å². The second-order valence-corrected chi connectivity index (χ2v) is 6.80. The highest BCUT2D eigenvalue weighted by Gasteiger charge is 1.99. The number of carbonyl (C=O) groups excluding carboxylic acids is 1. The molecule has 174 valence electrons. The fraction of sp³-hybridized carbons (Fsp3) is 0.955. The Labute approximate surface area is 177 Å². The van der Waals surface area contributed by atoms with E-state index in [0.717, 1.165) is 19.4 Å². The summed E-state index contributed by atoms with van der Waals surface area (Å²) in [7, 11) is 0. The Bertz CT molecular complexity index is 326. The molecule has 7 nitrogen and oxygen atoms in total. The summed E-state index contributed by atoms with van der Waals surface area (Å²) in [5.74, 6) is -0.172. The van der Waals surface area contributed by atoms with Gasteiger partial charge in [0.15, 0.2) is 0 Å². The monoisotopic (exact) mass is 420 g/mol. The molecule has 0 rings (SSSR count). The minimum Gasteiger partial charge on any atom is -0.463 e. The van der Waals surface area contributed by atoms with Gasteiger partial charge in [-0.15, -0.1) is 0 Å². The van der Waals surface area contributed by atoms with Crippen LogP contribution in [0.3, 0.4) is 0 Å². The van der Waals surface area contributed by atoms with Gasteiger partial charge < -0.3 is 28.4 Å². The van der Waals surface area contributed by atoms with Crippen LogP contribution in [0, 0.1) is 0 Å². The SMILES string of the molecule is CCCCCCCCOCCOCCOCCOCCOCCOC(=O)CCC. The molecular formula is C22H44O7. The van der Waals surface area contributed by atoms with Crippen molar-refractivity contribution in [1.82, 2.24) is 0 Å². The maximum absolute atomic E-state index is 11.1. The molecule has 0 amide bonds. The van der Waals surface area contributed by atoms with Gasteiger partial charge in [-0.25, -0.2) is 0 Å². The first-order chi connectivity index (χ1) is 14.3. The number of hydrogen-bond donors (Lipinski definition) is 0. The highest BCUT2D eigenvalue weighted by molar-refractivity contribution is 5.69. The average molecular weight is 421 g/mol. The van der Waals surface area contributed by atoms with Crippen molar-refractivity contribution in [2.75, 3.05) is 72.7 Å². The lowest BCUT2D eigenvalue weighted by molar-refractivity contribution is -0.145. The van der Waals surface area contributed by atoms with E-state index in [4.69, 9.17) is 28.4 Å². The van der Waals surface area contributed by atoms with E-state index < -0.39 is 0 Å². The molecule has 0 spiro atoms. The lowest BCUT2D eigenvalue weighted by atomic mass is 10.1. The molecule has 0 heterocycles. The summed E-state index contributed by atoms with van der Waals surface area (Å²) in [6, 6.07) is 0. The van der Waals surface area contributed by atoms with E-state index in [9.17, 15) is 4.79 Å². The molecule has 0 saturated carbocycles. The van der Waals surface area contributed by atoms with E-state index >= 15 is 0 Å². The van der Waals surface area contributed by atoms with Crippen molar-refractivity contribution >= 4 is 5.97 Å². The number of hydrogen-bond acceptors (Lipinski definition) is 7. The van der Waals surface area contributed by atoms with Gasteiger partial charge in [0.2, 0.25) is 0 Å². The van der Waals surface area contributed by atoms with E-state index in [1.807, 2.05) is 6.92 Å². The van der Waals surface area contributed by atoms with Crippen LogP contribution in [-0.2, 0) is 33.2 Å². The predicted molar refractivity (Wildman–Crippen MR) is 113 cm³/mol. The maximum Gasteiger partial charge on any atom is 0.305 e. The Morgan fingerprint density at radius 2 is 0.897 bits per heavy atom. The summed E-state index contributed by atoms with van der Waals surface area (Å²) in [5.41, 5.74) is 0. The third-order valence-corrected chi connectivity index (χ3v) is 4.08. The van der Waals surface area contributed by atoms with E-state index in [2.05, 4.69) is 6.92 Å². The third kappa shape index (κ3) is 25.2. The summed E-state index contributed by atoms with van der Waals surface area (Å²) >= 11 is 0. The van der Waals surface area contributed by atoms with Gasteiger partial charge in [0.05, 0.1) is 59.5 Å². The van der Waals surface area contributed by atoms with Gasteiger partial charge in [0.25, 0.3) is 0 Å². The molecular weight excluding hydrogens is 376 g/mol. The first-order valence-corrected chi connectivity index (χ1v) is 11.4. The molecule has 0 unspecified atom stereocenters. The molecule has 0 radical (unpaired) electrons. The minimum absolute atomic E-state index is 0.172. The molecule has 0 aliphatic carbocycles. The topological polar surface area (TPSA) is 72.5 Å². The van der Waals surface area contributed by atoms with Crippen LogP contribution in [-0.4, -0.2) is 78.6 Å². The van der Waals surface area contributed by atoms with E-state index in [-0.39, 0.29) is 5.97 Å². The molecule has 0 aliphatic heterocycles. The Balaban J connectivity index is 3.02. The fourth-order valence-corrected chi connectivity index (χ4v) is 2.46. The summed E-state index contributed by atoms with van der Waals surface area (Å²) in [4.78, 5) is 11.1. The first-order valence-electron chi connectivity index (χ1n) is 11.4. The summed E-state index contributed by atoms with van der Waals surface area (Å²) in [5, 5.41) is 0. The van der Waals surface area contributed by atoms with Gasteiger partial charge in [-0.2, -0.15) is 0 Å². The molecule has 7 heteroatoms. The number of ether oxygens (including phenoxy) is 6. The second kappa shape index (κ2) is 25.3. The van der Waals surface area contributed by atoms with Crippen molar-refractivity contribution in [3.63, 3.8) is 0 Å². The van der Waals surface area contributed by atoms with E-state index in [1.54, 1.807) is 0 Å². The predicted octanol–water partition coefficient (Wildman–Crippen LogP) is 3.77. The van der Waals surface area contributed by atoms with Gasteiger partial charge in [0, 0.05) is 13.0 Å². The van der Waals surface area contributed by atoms with E-state index in [0.29, 0.717) is 72.5 Å². The van der Waals surface area contributed by atoms with Crippen LogP contribution in [0.1, 0.15) is 65.2 Å². The normalized spacial score (nSPS) is 11.1. The minimum atomic E-state index is -0.172. The number of carbonyl (C=O) groups is 1. The Hall–Kier alpha value is -0.730. The average Bonchev–Trinajstić information content (AvgIpc) is 2.72. The molecule has 29 heavy (non-hydrogen) atoms. The van der Waals surface area contributed by atoms with Crippen molar-refractivity contribution in [2.24, 2.45) is 0 Å². The molecule has 0 saturated heterocycles. The summed E-state index contributed by atoms with van der Waals surface area (Å²) < 4.78 is 32.1. The third-order valence-electron chi connectivity index (χ3n) is 4.08. The number of rotatable bonds is 24. The quantitative estimate of drug-likeness (QED) is 0.174. The van der Waals surface area contributed by atoms with Gasteiger partial charge in [-0.3, -0.25) is 4.79 Å². The highest BCUT2D eigenvalue weighted by atomic mass is 16.6. The fourth-order valence-electron chi connectivity index (χ4n) is 2.46. The Morgan fingerprint density at radius 1 is 0.483 bits per heavy atom. The van der Waals surface area contributed by atoms with E-state index in [1.165, 1.54) is 32.1 Å². The van der Waals surface area contributed by atoms with Gasteiger partial charge in [-0.05, 0) is 12.8 Å². The smallest absolute Gasteiger partial charge is 0.305 e. The van der Waals surface area contributed by atoms with Gasteiger partial charge in [-0.1, -0.05) is 46.0 Å². The van der Waals surface area contributed by atoms with Crippen LogP contribution >= 0.6 is 0 Å².